The maximum Gasteiger partial charge on any atom is 0.407 e. The molecule has 0 radical (unpaired) electrons. The number of amides is 2. The quantitative estimate of drug-likeness (QED) is 0.771. The summed E-state index contributed by atoms with van der Waals surface area (Å²) in [6.07, 6.45) is -0.377. The average Bonchev–Trinajstić information content (AvgIpc) is 2.23. The molecule has 0 aliphatic heterocycles. The van der Waals surface area contributed by atoms with Gasteiger partial charge in [0.15, 0.2) is 0 Å². The third-order valence-electron chi connectivity index (χ3n) is 1.85. The maximum atomic E-state index is 11.3. The van der Waals surface area contributed by atoms with E-state index < -0.39 is 11.7 Å². The summed E-state index contributed by atoms with van der Waals surface area (Å²) in [6.45, 7) is 7.55. The third-order valence-corrected chi connectivity index (χ3v) is 1.85. The summed E-state index contributed by atoms with van der Waals surface area (Å²) in [5.74, 6) is -0.416. The second-order valence-corrected chi connectivity index (χ2v) is 5.01. The number of ether oxygens (including phenoxy) is 1. The van der Waals surface area contributed by atoms with Gasteiger partial charge in [0.2, 0.25) is 5.91 Å². The highest BCUT2D eigenvalue weighted by Gasteiger charge is 2.15. The molecule has 0 aliphatic carbocycles. The Morgan fingerprint density at radius 3 is 2.44 bits per heavy atom. The summed E-state index contributed by atoms with van der Waals surface area (Å²) in [6, 6.07) is 2.02. The summed E-state index contributed by atoms with van der Waals surface area (Å²) in [7, 11) is 0. The fraction of sp³-hybridized carbons (Fsp3) is 0.750. The molecule has 2 N–H and O–H groups in total. The van der Waals surface area contributed by atoms with Gasteiger partial charge in [0.05, 0.1) is 12.0 Å². The molecule has 0 saturated heterocycles. The highest BCUT2D eigenvalue weighted by Crippen LogP contribution is 2.06. The summed E-state index contributed by atoms with van der Waals surface area (Å²) < 4.78 is 5.01. The van der Waals surface area contributed by atoms with E-state index in [9.17, 15) is 9.59 Å². The molecule has 0 aromatic heterocycles. The second kappa shape index (κ2) is 7.54. The van der Waals surface area contributed by atoms with Crippen LogP contribution >= 0.6 is 0 Å². The predicted molar refractivity (Wildman–Crippen MR) is 66.6 cm³/mol. The topological polar surface area (TPSA) is 91.2 Å². The molecule has 0 fully saturated rings. The van der Waals surface area contributed by atoms with Crippen molar-refractivity contribution in [3.8, 4) is 6.07 Å². The number of hydrogen-bond donors (Lipinski definition) is 2. The Bertz CT molecular complexity index is 328. The molecule has 0 aromatic carbocycles. The molecular weight excluding hydrogens is 234 g/mol. The molecule has 18 heavy (non-hydrogen) atoms. The molecule has 0 heterocycles. The molecule has 6 heteroatoms. The molecule has 0 rings (SSSR count). The normalized spacial score (nSPS) is 12.2. The van der Waals surface area contributed by atoms with Crippen LogP contribution in [-0.4, -0.2) is 30.7 Å². The molecule has 0 aromatic rings. The summed E-state index contributed by atoms with van der Waals surface area (Å²) in [5, 5.41) is 13.6. The zero-order chi connectivity index (χ0) is 14.2. The van der Waals surface area contributed by atoms with Gasteiger partial charge in [-0.05, 0) is 27.7 Å². The lowest BCUT2D eigenvalue weighted by Gasteiger charge is -2.19. The molecule has 1 atom stereocenters. The standard InChI is InChI=1S/C12H21N3O3/c1-9(7-13)8-15-10(16)5-6-14-11(17)18-12(2,3)4/h9H,5-6,8H2,1-4H3,(H,14,17)(H,15,16). The molecule has 6 nitrogen and oxygen atoms in total. The van der Waals surface area contributed by atoms with Crippen molar-refractivity contribution in [2.75, 3.05) is 13.1 Å². The van der Waals surface area contributed by atoms with E-state index in [1.807, 2.05) is 6.07 Å². The second-order valence-electron chi connectivity index (χ2n) is 5.01. The fourth-order valence-electron chi connectivity index (χ4n) is 0.993. The lowest BCUT2D eigenvalue weighted by Crippen LogP contribution is -2.35. The Kier molecular flexibility index (Phi) is 6.79. The van der Waals surface area contributed by atoms with Gasteiger partial charge in [0, 0.05) is 19.5 Å². The zero-order valence-electron chi connectivity index (χ0n) is 11.4. The van der Waals surface area contributed by atoms with Crippen LogP contribution in [0.4, 0.5) is 4.79 Å². The molecule has 0 spiro atoms. The number of nitrogens with one attached hydrogen (secondary N) is 2. The van der Waals surface area contributed by atoms with Gasteiger partial charge in [-0.1, -0.05) is 0 Å². The highest BCUT2D eigenvalue weighted by atomic mass is 16.6. The Hall–Kier alpha value is -1.77. The minimum atomic E-state index is -0.547. The minimum absolute atomic E-state index is 0.164. The van der Waals surface area contributed by atoms with Crippen molar-refractivity contribution in [3.05, 3.63) is 0 Å². The molecule has 0 saturated carbocycles. The van der Waals surface area contributed by atoms with Crippen LogP contribution in [-0.2, 0) is 9.53 Å². The summed E-state index contributed by atoms with van der Waals surface area (Å²) >= 11 is 0. The largest absolute Gasteiger partial charge is 0.444 e. The van der Waals surface area contributed by atoms with E-state index in [0.29, 0.717) is 6.54 Å². The number of nitriles is 1. The monoisotopic (exact) mass is 255 g/mol. The first-order chi connectivity index (χ1) is 8.24. The van der Waals surface area contributed by atoms with Crippen LogP contribution in [0.15, 0.2) is 0 Å². The van der Waals surface area contributed by atoms with Gasteiger partial charge >= 0.3 is 6.09 Å². The van der Waals surface area contributed by atoms with Crippen molar-refractivity contribution < 1.29 is 14.3 Å². The van der Waals surface area contributed by atoms with Crippen molar-refractivity contribution in [1.29, 1.82) is 5.26 Å². The molecule has 1 unspecified atom stereocenters. The number of carbonyl (C=O) groups is 2. The van der Waals surface area contributed by atoms with Crippen molar-refractivity contribution in [1.82, 2.24) is 10.6 Å². The van der Waals surface area contributed by atoms with Gasteiger partial charge in [-0.15, -0.1) is 0 Å². The van der Waals surface area contributed by atoms with Crippen molar-refractivity contribution in [3.63, 3.8) is 0 Å². The van der Waals surface area contributed by atoms with Gasteiger partial charge in [-0.25, -0.2) is 4.79 Å². The van der Waals surface area contributed by atoms with Gasteiger partial charge in [0.25, 0.3) is 0 Å². The zero-order valence-corrected chi connectivity index (χ0v) is 11.4. The third kappa shape index (κ3) is 9.46. The van der Waals surface area contributed by atoms with E-state index in [1.165, 1.54) is 0 Å². The minimum Gasteiger partial charge on any atom is -0.444 e. The number of alkyl carbamates (subject to hydrolysis) is 1. The number of hydrogen-bond acceptors (Lipinski definition) is 4. The van der Waals surface area contributed by atoms with Crippen LogP contribution in [0.25, 0.3) is 0 Å². The van der Waals surface area contributed by atoms with E-state index in [-0.39, 0.29) is 24.8 Å². The lowest BCUT2D eigenvalue weighted by molar-refractivity contribution is -0.121. The molecular formula is C12H21N3O3. The Morgan fingerprint density at radius 2 is 1.94 bits per heavy atom. The number of rotatable bonds is 5. The molecule has 2 amide bonds. The van der Waals surface area contributed by atoms with Gasteiger partial charge in [0.1, 0.15) is 5.60 Å². The van der Waals surface area contributed by atoms with E-state index in [2.05, 4.69) is 10.6 Å². The Morgan fingerprint density at radius 1 is 1.33 bits per heavy atom. The van der Waals surface area contributed by atoms with E-state index >= 15 is 0 Å². The van der Waals surface area contributed by atoms with Crippen LogP contribution in [0.5, 0.6) is 0 Å². The number of nitrogens with zero attached hydrogens (tertiary/aromatic N) is 1. The van der Waals surface area contributed by atoms with Crippen molar-refractivity contribution in [2.24, 2.45) is 5.92 Å². The van der Waals surface area contributed by atoms with Gasteiger partial charge in [-0.2, -0.15) is 5.26 Å². The average molecular weight is 255 g/mol. The summed E-state index contributed by atoms with van der Waals surface area (Å²) in [5.41, 5.74) is -0.547. The SMILES string of the molecule is CC(C#N)CNC(=O)CCNC(=O)OC(C)(C)C. The van der Waals surface area contributed by atoms with E-state index in [4.69, 9.17) is 10.00 Å². The smallest absolute Gasteiger partial charge is 0.407 e. The van der Waals surface area contributed by atoms with Gasteiger partial charge < -0.3 is 15.4 Å². The maximum absolute atomic E-state index is 11.3. The highest BCUT2D eigenvalue weighted by molar-refractivity contribution is 5.77. The van der Waals surface area contributed by atoms with Crippen LogP contribution in [0.2, 0.25) is 0 Å². The van der Waals surface area contributed by atoms with Crippen LogP contribution in [0.1, 0.15) is 34.1 Å². The van der Waals surface area contributed by atoms with E-state index in [0.717, 1.165) is 0 Å². The lowest BCUT2D eigenvalue weighted by atomic mass is 10.2. The molecule has 102 valence electrons. The molecule has 0 aliphatic rings. The molecule has 0 bridgehead atoms. The fourth-order valence-corrected chi connectivity index (χ4v) is 0.993. The Labute approximate surface area is 108 Å². The first-order valence-electron chi connectivity index (χ1n) is 5.88. The first-order valence-corrected chi connectivity index (χ1v) is 5.88. The first kappa shape index (κ1) is 16.2. The Balaban J connectivity index is 3.69. The van der Waals surface area contributed by atoms with Crippen LogP contribution in [0.3, 0.4) is 0 Å². The number of carbonyl (C=O) groups excluding carboxylic acids is 2. The van der Waals surface area contributed by atoms with Crippen LogP contribution in [0, 0.1) is 17.2 Å². The summed E-state index contributed by atoms with van der Waals surface area (Å²) in [4.78, 5) is 22.6. The predicted octanol–water partition coefficient (Wildman–Crippen LogP) is 1.18. The van der Waals surface area contributed by atoms with Crippen LogP contribution < -0.4 is 10.6 Å². The van der Waals surface area contributed by atoms with Gasteiger partial charge in [-0.3, -0.25) is 4.79 Å². The van der Waals surface area contributed by atoms with Crippen molar-refractivity contribution >= 4 is 12.0 Å². The van der Waals surface area contributed by atoms with E-state index in [1.54, 1.807) is 27.7 Å². The van der Waals surface area contributed by atoms with Crippen molar-refractivity contribution in [2.45, 2.75) is 39.7 Å².